The number of aryl methyl sites for hydroxylation is 1. The number of likely N-dealkylation sites (tertiary alicyclic amines) is 2. The highest BCUT2D eigenvalue weighted by Crippen LogP contribution is 2.26. The molecule has 2 aliphatic rings. The molecule has 3 rings (SSSR count). The van der Waals surface area contributed by atoms with E-state index in [0.717, 1.165) is 51.7 Å². The first-order chi connectivity index (χ1) is 12.1. The number of amides is 2. The van der Waals surface area contributed by atoms with Gasteiger partial charge >= 0.3 is 0 Å². The van der Waals surface area contributed by atoms with Gasteiger partial charge in [0.15, 0.2) is 0 Å². The van der Waals surface area contributed by atoms with E-state index in [1.165, 1.54) is 6.42 Å². The standard InChI is InChI=1S/C18H29N5O2/c19-17(24)14-21-9-3-5-15(13-21)18(25)23-11-2-1-6-16(23)7-12-22-10-4-8-20-22/h4,8,10,15-16H,1-3,5-7,9,11-14H2,(H2,19,24). The number of hydrogen-bond donors (Lipinski definition) is 1. The van der Waals surface area contributed by atoms with Gasteiger partial charge in [-0.05, 0) is 51.1 Å². The normalized spacial score (nSPS) is 25.0. The molecule has 1 aromatic heterocycles. The zero-order chi connectivity index (χ0) is 17.6. The van der Waals surface area contributed by atoms with E-state index in [1.807, 2.05) is 21.8 Å². The summed E-state index contributed by atoms with van der Waals surface area (Å²) in [5, 5.41) is 4.26. The molecule has 7 nitrogen and oxygen atoms in total. The van der Waals surface area contributed by atoms with E-state index in [1.54, 1.807) is 6.20 Å². The summed E-state index contributed by atoms with van der Waals surface area (Å²) in [7, 11) is 0. The summed E-state index contributed by atoms with van der Waals surface area (Å²) in [6.07, 6.45) is 9.92. The smallest absolute Gasteiger partial charge is 0.231 e. The largest absolute Gasteiger partial charge is 0.369 e. The number of nitrogens with zero attached hydrogens (tertiary/aromatic N) is 4. The van der Waals surface area contributed by atoms with Gasteiger partial charge in [0.1, 0.15) is 0 Å². The quantitative estimate of drug-likeness (QED) is 0.827. The Morgan fingerprint density at radius 1 is 1.16 bits per heavy atom. The van der Waals surface area contributed by atoms with E-state index in [0.29, 0.717) is 12.6 Å². The van der Waals surface area contributed by atoms with Crippen molar-refractivity contribution in [1.82, 2.24) is 19.6 Å². The summed E-state index contributed by atoms with van der Waals surface area (Å²) in [6, 6.07) is 2.23. The van der Waals surface area contributed by atoms with Gasteiger partial charge in [0, 0.05) is 38.1 Å². The van der Waals surface area contributed by atoms with Crippen LogP contribution >= 0.6 is 0 Å². The first-order valence-electron chi connectivity index (χ1n) is 9.42. The lowest BCUT2D eigenvalue weighted by atomic mass is 9.92. The van der Waals surface area contributed by atoms with E-state index in [4.69, 9.17) is 5.73 Å². The number of primary amides is 1. The Balaban J connectivity index is 1.58. The Bertz CT molecular complexity index is 574. The van der Waals surface area contributed by atoms with Crippen LogP contribution in [0.5, 0.6) is 0 Å². The number of carbonyl (C=O) groups is 2. The zero-order valence-corrected chi connectivity index (χ0v) is 14.8. The van der Waals surface area contributed by atoms with E-state index >= 15 is 0 Å². The predicted octanol–water partition coefficient (Wildman–Crippen LogP) is 0.852. The summed E-state index contributed by atoms with van der Waals surface area (Å²) in [5.41, 5.74) is 5.31. The zero-order valence-electron chi connectivity index (χ0n) is 14.8. The van der Waals surface area contributed by atoms with Crippen LogP contribution in [0.1, 0.15) is 38.5 Å². The third-order valence-electron chi connectivity index (χ3n) is 5.40. The Hall–Kier alpha value is -1.89. The highest BCUT2D eigenvalue weighted by molar-refractivity contribution is 5.80. The molecular formula is C18H29N5O2. The van der Waals surface area contributed by atoms with Crippen LogP contribution in [-0.4, -0.2) is 63.6 Å². The molecule has 2 unspecified atom stereocenters. The molecule has 2 saturated heterocycles. The molecular weight excluding hydrogens is 318 g/mol. The molecule has 2 fully saturated rings. The molecule has 0 aromatic carbocycles. The second kappa shape index (κ2) is 8.47. The van der Waals surface area contributed by atoms with E-state index < -0.39 is 0 Å². The molecule has 0 bridgehead atoms. The minimum Gasteiger partial charge on any atom is -0.369 e. The van der Waals surface area contributed by atoms with Crippen molar-refractivity contribution in [3.8, 4) is 0 Å². The molecule has 2 aliphatic heterocycles. The first-order valence-corrected chi connectivity index (χ1v) is 9.42. The van der Waals surface area contributed by atoms with Crippen LogP contribution in [-0.2, 0) is 16.1 Å². The molecule has 138 valence electrons. The van der Waals surface area contributed by atoms with Gasteiger partial charge in [-0.1, -0.05) is 0 Å². The van der Waals surface area contributed by atoms with Crippen LogP contribution in [0.3, 0.4) is 0 Å². The number of hydrogen-bond acceptors (Lipinski definition) is 4. The second-order valence-electron chi connectivity index (χ2n) is 7.28. The van der Waals surface area contributed by atoms with Gasteiger partial charge in [0.05, 0.1) is 12.5 Å². The van der Waals surface area contributed by atoms with E-state index in [9.17, 15) is 9.59 Å². The molecule has 0 spiro atoms. The first kappa shape index (κ1) is 17.9. The van der Waals surface area contributed by atoms with Gasteiger partial charge in [-0.3, -0.25) is 19.2 Å². The monoisotopic (exact) mass is 347 g/mol. The van der Waals surface area contributed by atoms with Crippen LogP contribution in [0.4, 0.5) is 0 Å². The molecule has 2 atom stereocenters. The van der Waals surface area contributed by atoms with Crippen molar-refractivity contribution in [3.63, 3.8) is 0 Å². The maximum absolute atomic E-state index is 13.1. The van der Waals surface area contributed by atoms with Crippen molar-refractivity contribution >= 4 is 11.8 Å². The Labute approximate surface area is 149 Å². The lowest BCUT2D eigenvalue weighted by Gasteiger charge is -2.40. The molecule has 0 aliphatic carbocycles. The van der Waals surface area contributed by atoms with Gasteiger partial charge in [-0.15, -0.1) is 0 Å². The fourth-order valence-electron chi connectivity index (χ4n) is 4.16. The van der Waals surface area contributed by atoms with Crippen molar-refractivity contribution in [1.29, 1.82) is 0 Å². The number of nitrogens with two attached hydrogens (primary N) is 1. The maximum Gasteiger partial charge on any atom is 0.231 e. The van der Waals surface area contributed by atoms with Crippen molar-refractivity contribution in [3.05, 3.63) is 18.5 Å². The third kappa shape index (κ3) is 4.81. The van der Waals surface area contributed by atoms with E-state index in [-0.39, 0.29) is 24.3 Å². The third-order valence-corrected chi connectivity index (χ3v) is 5.40. The average Bonchev–Trinajstić information content (AvgIpc) is 3.13. The molecule has 3 heterocycles. The highest BCUT2D eigenvalue weighted by atomic mass is 16.2. The van der Waals surface area contributed by atoms with Crippen molar-refractivity contribution in [2.45, 2.75) is 51.1 Å². The minimum atomic E-state index is -0.317. The Morgan fingerprint density at radius 3 is 2.80 bits per heavy atom. The minimum absolute atomic E-state index is 0.00148. The molecule has 2 amide bonds. The molecule has 7 heteroatoms. The summed E-state index contributed by atoms with van der Waals surface area (Å²) < 4.78 is 1.94. The molecule has 1 aromatic rings. The molecule has 2 N–H and O–H groups in total. The summed E-state index contributed by atoms with van der Waals surface area (Å²) in [5.74, 6) is -0.0547. The van der Waals surface area contributed by atoms with Crippen molar-refractivity contribution in [2.24, 2.45) is 11.7 Å². The van der Waals surface area contributed by atoms with Crippen LogP contribution in [0, 0.1) is 5.92 Å². The second-order valence-corrected chi connectivity index (χ2v) is 7.28. The number of aromatic nitrogens is 2. The Morgan fingerprint density at radius 2 is 2.04 bits per heavy atom. The predicted molar refractivity (Wildman–Crippen MR) is 94.6 cm³/mol. The average molecular weight is 347 g/mol. The van der Waals surface area contributed by atoms with Gasteiger partial charge in [0.25, 0.3) is 0 Å². The molecule has 25 heavy (non-hydrogen) atoms. The topological polar surface area (TPSA) is 84.5 Å². The summed E-state index contributed by atoms with van der Waals surface area (Å²) >= 11 is 0. The van der Waals surface area contributed by atoms with Gasteiger partial charge in [-0.2, -0.15) is 5.10 Å². The summed E-state index contributed by atoms with van der Waals surface area (Å²) in [6.45, 7) is 3.47. The Kier molecular flexibility index (Phi) is 6.07. The number of carbonyl (C=O) groups excluding carboxylic acids is 2. The van der Waals surface area contributed by atoms with Crippen LogP contribution in [0.15, 0.2) is 18.5 Å². The van der Waals surface area contributed by atoms with Gasteiger partial charge in [0.2, 0.25) is 11.8 Å². The maximum atomic E-state index is 13.1. The number of piperidine rings is 2. The van der Waals surface area contributed by atoms with Crippen LogP contribution in [0.2, 0.25) is 0 Å². The highest BCUT2D eigenvalue weighted by Gasteiger charge is 2.34. The number of rotatable bonds is 6. The fraction of sp³-hybridized carbons (Fsp3) is 0.722. The SMILES string of the molecule is NC(=O)CN1CCCC(C(=O)N2CCCCC2CCn2cccn2)C1. The lowest BCUT2D eigenvalue weighted by molar-refractivity contribution is -0.142. The fourth-order valence-corrected chi connectivity index (χ4v) is 4.16. The summed E-state index contributed by atoms with van der Waals surface area (Å²) in [4.78, 5) is 28.4. The van der Waals surface area contributed by atoms with Crippen molar-refractivity contribution < 1.29 is 9.59 Å². The van der Waals surface area contributed by atoms with Crippen LogP contribution in [0.25, 0.3) is 0 Å². The molecule has 0 radical (unpaired) electrons. The van der Waals surface area contributed by atoms with Crippen LogP contribution < -0.4 is 5.73 Å². The van der Waals surface area contributed by atoms with Gasteiger partial charge < -0.3 is 10.6 Å². The van der Waals surface area contributed by atoms with Gasteiger partial charge in [-0.25, -0.2) is 0 Å². The van der Waals surface area contributed by atoms with Crippen molar-refractivity contribution in [2.75, 3.05) is 26.2 Å². The van der Waals surface area contributed by atoms with E-state index in [2.05, 4.69) is 10.00 Å². The molecule has 0 saturated carbocycles. The lowest BCUT2D eigenvalue weighted by Crippen LogP contribution is -2.51.